The van der Waals surface area contributed by atoms with E-state index in [9.17, 15) is 4.79 Å². The van der Waals surface area contributed by atoms with Gasteiger partial charge >= 0.3 is 0 Å². The van der Waals surface area contributed by atoms with Crippen LogP contribution in [0.5, 0.6) is 5.88 Å². The van der Waals surface area contributed by atoms with Gasteiger partial charge in [-0.3, -0.25) is 4.79 Å². The fourth-order valence-corrected chi connectivity index (χ4v) is 1.42. The summed E-state index contributed by atoms with van der Waals surface area (Å²) in [6.07, 6.45) is 1.57. The van der Waals surface area contributed by atoms with Crippen LogP contribution in [-0.2, 0) is 0 Å². The lowest BCUT2D eigenvalue weighted by Crippen LogP contribution is -2.14. The van der Waals surface area contributed by atoms with Gasteiger partial charge in [-0.05, 0) is 18.2 Å². The minimum absolute atomic E-state index is 0.137. The van der Waals surface area contributed by atoms with E-state index in [0.29, 0.717) is 23.1 Å². The molecule has 0 spiro atoms. The Hall–Kier alpha value is -2.83. The van der Waals surface area contributed by atoms with Crippen molar-refractivity contribution in [3.8, 4) is 5.88 Å². The van der Waals surface area contributed by atoms with Gasteiger partial charge in [0.1, 0.15) is 5.69 Å². The molecule has 0 aliphatic carbocycles. The normalized spacial score (nSPS) is 9.95. The maximum Gasteiger partial charge on any atom is 0.267 e. The topological polar surface area (TPSA) is 116 Å². The first kappa shape index (κ1) is 12.6. The molecule has 0 saturated carbocycles. The highest BCUT2D eigenvalue weighted by molar-refractivity contribution is 5.92. The van der Waals surface area contributed by atoms with Crippen molar-refractivity contribution in [2.24, 2.45) is 5.73 Å². The molecule has 7 nitrogen and oxygen atoms in total. The summed E-state index contributed by atoms with van der Waals surface area (Å²) in [5.74, 6) is 0.233. The van der Waals surface area contributed by atoms with E-state index in [4.69, 9.17) is 16.2 Å². The highest BCUT2D eigenvalue weighted by atomic mass is 16.5. The van der Waals surface area contributed by atoms with Gasteiger partial charge in [-0.2, -0.15) is 0 Å². The minimum atomic E-state index is -0.615. The third-order valence-corrected chi connectivity index (χ3v) is 2.39. The molecule has 2 heterocycles. The maximum atomic E-state index is 11.1. The Morgan fingerprint density at radius 2 is 2.11 bits per heavy atom. The molecule has 0 saturated heterocycles. The molecule has 0 bridgehead atoms. The molecular formula is C12H13N5O2. The standard InChI is InChI=1S/C12H13N5O2/c1-19-10-5-2-7(6-15-10)16-12-8(13)3-4-9(17-12)11(14)18/h2-6H,13H2,1H3,(H2,14,18)(H,16,17). The van der Waals surface area contributed by atoms with Crippen molar-refractivity contribution in [1.82, 2.24) is 9.97 Å². The van der Waals surface area contributed by atoms with Gasteiger partial charge in [0.05, 0.1) is 24.7 Å². The number of amides is 1. The number of ether oxygens (including phenoxy) is 1. The summed E-state index contributed by atoms with van der Waals surface area (Å²) in [5, 5.41) is 2.96. The number of nitrogens with zero attached hydrogens (tertiary/aromatic N) is 2. The summed E-state index contributed by atoms with van der Waals surface area (Å²) in [5.41, 5.74) is 12.1. The fourth-order valence-electron chi connectivity index (χ4n) is 1.42. The number of hydrogen-bond donors (Lipinski definition) is 3. The summed E-state index contributed by atoms with van der Waals surface area (Å²) < 4.78 is 4.95. The zero-order valence-corrected chi connectivity index (χ0v) is 10.3. The zero-order chi connectivity index (χ0) is 13.8. The van der Waals surface area contributed by atoms with E-state index < -0.39 is 5.91 Å². The molecule has 0 radical (unpaired) electrons. The number of nitrogen functional groups attached to an aromatic ring is 1. The third-order valence-electron chi connectivity index (χ3n) is 2.39. The van der Waals surface area contributed by atoms with Gasteiger partial charge < -0.3 is 21.5 Å². The number of hydrogen-bond acceptors (Lipinski definition) is 6. The smallest absolute Gasteiger partial charge is 0.267 e. The van der Waals surface area contributed by atoms with Crippen LogP contribution in [0, 0.1) is 0 Å². The van der Waals surface area contributed by atoms with Crippen molar-refractivity contribution in [3.63, 3.8) is 0 Å². The number of carbonyl (C=O) groups is 1. The molecule has 0 unspecified atom stereocenters. The van der Waals surface area contributed by atoms with E-state index in [-0.39, 0.29) is 5.69 Å². The number of primary amides is 1. The number of carbonyl (C=O) groups excluding carboxylic acids is 1. The van der Waals surface area contributed by atoms with Gasteiger partial charge in [0, 0.05) is 6.07 Å². The average Bonchev–Trinajstić information content (AvgIpc) is 2.42. The summed E-state index contributed by atoms with van der Waals surface area (Å²) in [4.78, 5) is 19.1. The number of aromatic nitrogens is 2. The number of methoxy groups -OCH3 is 1. The van der Waals surface area contributed by atoms with E-state index in [1.54, 1.807) is 24.4 Å². The molecule has 0 aliphatic rings. The Morgan fingerprint density at radius 3 is 2.68 bits per heavy atom. The maximum absolute atomic E-state index is 11.1. The summed E-state index contributed by atoms with van der Waals surface area (Å²) >= 11 is 0. The van der Waals surface area contributed by atoms with E-state index in [1.165, 1.54) is 13.2 Å². The van der Waals surface area contributed by atoms with E-state index >= 15 is 0 Å². The monoisotopic (exact) mass is 259 g/mol. The fraction of sp³-hybridized carbons (Fsp3) is 0.0833. The van der Waals surface area contributed by atoms with Crippen molar-refractivity contribution in [1.29, 1.82) is 0 Å². The second-order valence-electron chi connectivity index (χ2n) is 3.71. The lowest BCUT2D eigenvalue weighted by molar-refractivity contribution is 0.0996. The second-order valence-corrected chi connectivity index (χ2v) is 3.71. The molecule has 2 aromatic rings. The van der Waals surface area contributed by atoms with Crippen LogP contribution in [0.25, 0.3) is 0 Å². The van der Waals surface area contributed by atoms with Crippen LogP contribution in [0.1, 0.15) is 10.5 Å². The van der Waals surface area contributed by atoms with Crippen LogP contribution in [0.3, 0.4) is 0 Å². The van der Waals surface area contributed by atoms with Gasteiger partial charge in [-0.15, -0.1) is 0 Å². The molecule has 98 valence electrons. The first-order chi connectivity index (χ1) is 9.10. The average molecular weight is 259 g/mol. The highest BCUT2D eigenvalue weighted by Gasteiger charge is 2.07. The first-order valence-corrected chi connectivity index (χ1v) is 5.43. The van der Waals surface area contributed by atoms with Crippen LogP contribution in [-0.4, -0.2) is 23.0 Å². The van der Waals surface area contributed by atoms with Crippen LogP contribution < -0.4 is 21.5 Å². The minimum Gasteiger partial charge on any atom is -0.481 e. The van der Waals surface area contributed by atoms with Crippen LogP contribution in [0.2, 0.25) is 0 Å². The lowest BCUT2D eigenvalue weighted by Gasteiger charge is -2.09. The van der Waals surface area contributed by atoms with Gasteiger partial charge in [0.15, 0.2) is 5.82 Å². The van der Waals surface area contributed by atoms with Crippen LogP contribution in [0.4, 0.5) is 17.2 Å². The lowest BCUT2D eigenvalue weighted by atomic mass is 10.3. The van der Waals surface area contributed by atoms with Gasteiger partial charge in [0.25, 0.3) is 5.91 Å². The first-order valence-electron chi connectivity index (χ1n) is 5.43. The van der Waals surface area contributed by atoms with E-state index in [2.05, 4.69) is 15.3 Å². The SMILES string of the molecule is COc1ccc(Nc2nc(C(N)=O)ccc2N)cn1. The predicted octanol–water partition coefficient (Wildman–Crippen LogP) is 0.910. The molecule has 19 heavy (non-hydrogen) atoms. The van der Waals surface area contributed by atoms with Gasteiger partial charge in [0.2, 0.25) is 5.88 Å². The van der Waals surface area contributed by atoms with Gasteiger partial charge in [-0.1, -0.05) is 0 Å². The summed E-state index contributed by atoms with van der Waals surface area (Å²) in [6.45, 7) is 0. The number of rotatable bonds is 4. The molecule has 1 amide bonds. The largest absolute Gasteiger partial charge is 0.481 e. The summed E-state index contributed by atoms with van der Waals surface area (Å²) in [7, 11) is 1.53. The Morgan fingerprint density at radius 1 is 1.32 bits per heavy atom. The van der Waals surface area contributed by atoms with Crippen LogP contribution in [0.15, 0.2) is 30.5 Å². The molecule has 0 aliphatic heterocycles. The molecule has 7 heteroatoms. The van der Waals surface area contributed by atoms with E-state index in [1.807, 2.05) is 0 Å². The van der Waals surface area contributed by atoms with E-state index in [0.717, 1.165) is 0 Å². The molecule has 5 N–H and O–H groups in total. The van der Waals surface area contributed by atoms with Crippen molar-refractivity contribution in [2.45, 2.75) is 0 Å². The molecular weight excluding hydrogens is 246 g/mol. The zero-order valence-electron chi connectivity index (χ0n) is 10.3. The molecule has 0 atom stereocenters. The second kappa shape index (κ2) is 5.21. The Balaban J connectivity index is 2.26. The number of nitrogens with two attached hydrogens (primary N) is 2. The predicted molar refractivity (Wildman–Crippen MR) is 71.2 cm³/mol. The Labute approximate surface area is 109 Å². The molecule has 2 rings (SSSR count). The third kappa shape index (κ3) is 2.89. The summed E-state index contributed by atoms with van der Waals surface area (Å²) in [6, 6.07) is 6.47. The number of nitrogens with one attached hydrogen (secondary N) is 1. The van der Waals surface area contributed by atoms with Crippen molar-refractivity contribution < 1.29 is 9.53 Å². The molecule has 0 fully saturated rings. The quantitative estimate of drug-likeness (QED) is 0.751. The van der Waals surface area contributed by atoms with Crippen molar-refractivity contribution >= 4 is 23.1 Å². The van der Waals surface area contributed by atoms with Crippen LogP contribution >= 0.6 is 0 Å². The highest BCUT2D eigenvalue weighted by Crippen LogP contribution is 2.21. The van der Waals surface area contributed by atoms with Crippen molar-refractivity contribution in [2.75, 3.05) is 18.2 Å². The van der Waals surface area contributed by atoms with Crippen molar-refractivity contribution in [3.05, 3.63) is 36.2 Å². The van der Waals surface area contributed by atoms with Gasteiger partial charge in [-0.25, -0.2) is 9.97 Å². The number of pyridine rings is 2. The molecule has 0 aromatic carbocycles. The molecule has 2 aromatic heterocycles. The Kier molecular flexibility index (Phi) is 3.46. The number of anilines is 3. The Bertz CT molecular complexity index is 598.